The van der Waals surface area contributed by atoms with E-state index in [0.717, 1.165) is 6.07 Å². The Morgan fingerprint density at radius 1 is 1.17 bits per heavy atom. The van der Waals surface area contributed by atoms with Gasteiger partial charge in [0.2, 0.25) is 0 Å². The summed E-state index contributed by atoms with van der Waals surface area (Å²) in [7, 11) is 0. The van der Waals surface area contributed by atoms with E-state index in [1.54, 1.807) is 6.07 Å². The fourth-order valence-corrected chi connectivity index (χ4v) is 3.77. The Morgan fingerprint density at radius 2 is 1.97 bits per heavy atom. The fraction of sp³-hybridized carbons (Fsp3) is 0.304. The molecule has 1 fully saturated rings. The molecule has 0 saturated carbocycles. The highest BCUT2D eigenvalue weighted by Crippen LogP contribution is 2.41. The Hall–Kier alpha value is -3.28. The van der Waals surface area contributed by atoms with E-state index in [-0.39, 0.29) is 28.5 Å². The van der Waals surface area contributed by atoms with Crippen LogP contribution < -0.4 is 10.6 Å². The maximum absolute atomic E-state index is 13.0. The van der Waals surface area contributed by atoms with Crippen LogP contribution in [-0.4, -0.2) is 33.6 Å². The topological polar surface area (TPSA) is 98.3 Å². The first kappa shape index (κ1) is 24.8. The number of ether oxygens (including phenoxy) is 2. The Kier molecular flexibility index (Phi) is 6.93. The molecule has 4 heterocycles. The maximum Gasteiger partial charge on any atom is 0.417 e. The van der Waals surface area contributed by atoms with Crippen LogP contribution in [0.5, 0.6) is 0 Å². The van der Waals surface area contributed by atoms with Gasteiger partial charge in [0.25, 0.3) is 5.91 Å². The molecule has 3 aromatic heterocycles. The van der Waals surface area contributed by atoms with Crippen molar-refractivity contribution in [3.05, 3.63) is 70.8 Å². The van der Waals surface area contributed by atoms with Gasteiger partial charge in [-0.25, -0.2) is 15.0 Å². The van der Waals surface area contributed by atoms with Crippen LogP contribution in [0, 0.1) is 0 Å². The normalized spacial score (nSPS) is 20.0. The number of aromatic nitrogens is 3. The number of halogens is 4. The molecule has 4 rings (SSSR count). The average Bonchev–Trinajstić information content (AvgIpc) is 3.22. The Bertz CT molecular complexity index is 1230. The van der Waals surface area contributed by atoms with Gasteiger partial charge in [0.15, 0.2) is 5.79 Å². The van der Waals surface area contributed by atoms with Crippen LogP contribution in [0.3, 0.4) is 0 Å². The third-order valence-electron chi connectivity index (χ3n) is 5.31. The molecule has 1 aliphatic rings. The molecule has 2 N–H and O–H groups in total. The second kappa shape index (κ2) is 9.76. The van der Waals surface area contributed by atoms with Gasteiger partial charge in [-0.15, -0.1) is 0 Å². The van der Waals surface area contributed by atoms with Gasteiger partial charge >= 0.3 is 6.18 Å². The van der Waals surface area contributed by atoms with Crippen LogP contribution in [-0.2, 0) is 21.4 Å². The minimum atomic E-state index is -4.49. The molecule has 184 valence electrons. The minimum Gasteiger partial charge on any atom is -0.343 e. The van der Waals surface area contributed by atoms with Crippen molar-refractivity contribution in [3.63, 3.8) is 0 Å². The maximum atomic E-state index is 13.0. The fourth-order valence-electron chi connectivity index (χ4n) is 3.61. The van der Waals surface area contributed by atoms with Crippen molar-refractivity contribution in [1.29, 1.82) is 0 Å². The first-order valence-electron chi connectivity index (χ1n) is 10.6. The lowest BCUT2D eigenvalue weighted by molar-refractivity contribution is -0.176. The molecule has 0 spiro atoms. The van der Waals surface area contributed by atoms with E-state index in [9.17, 15) is 18.0 Å². The molecule has 0 aromatic carbocycles. The molecule has 1 aliphatic heterocycles. The highest BCUT2D eigenvalue weighted by atomic mass is 35.5. The van der Waals surface area contributed by atoms with Crippen LogP contribution >= 0.6 is 11.6 Å². The number of nitrogens with one attached hydrogen (secondary N) is 2. The van der Waals surface area contributed by atoms with Gasteiger partial charge in [0.1, 0.15) is 16.8 Å². The predicted molar refractivity (Wildman–Crippen MR) is 122 cm³/mol. The molecule has 35 heavy (non-hydrogen) atoms. The SMILES string of the molecule is CCC1(c2cc(Cl)ncc2NC(=O)c2ccnc(Nc3ccc(C(F)(F)F)cn3)c2)OC[C@H](C)O1. The van der Waals surface area contributed by atoms with Gasteiger partial charge in [-0.1, -0.05) is 18.5 Å². The van der Waals surface area contributed by atoms with Crippen molar-refractivity contribution in [2.24, 2.45) is 0 Å². The monoisotopic (exact) mass is 507 g/mol. The summed E-state index contributed by atoms with van der Waals surface area (Å²) in [6, 6.07) is 6.60. The number of nitrogens with zero attached hydrogens (tertiary/aromatic N) is 3. The summed E-state index contributed by atoms with van der Waals surface area (Å²) in [4.78, 5) is 24.9. The van der Waals surface area contributed by atoms with Crippen molar-refractivity contribution in [3.8, 4) is 0 Å². The summed E-state index contributed by atoms with van der Waals surface area (Å²) in [5.41, 5.74) is 0.276. The molecule has 1 amide bonds. The number of pyridine rings is 3. The van der Waals surface area contributed by atoms with Crippen LogP contribution in [0.1, 0.15) is 41.8 Å². The summed E-state index contributed by atoms with van der Waals surface area (Å²) in [6.45, 7) is 4.17. The molecule has 2 atom stereocenters. The van der Waals surface area contributed by atoms with E-state index >= 15 is 0 Å². The number of hydrogen-bond acceptors (Lipinski definition) is 7. The van der Waals surface area contributed by atoms with Gasteiger partial charge in [-0.3, -0.25) is 4.79 Å². The molecule has 1 unspecified atom stereocenters. The first-order chi connectivity index (χ1) is 16.6. The van der Waals surface area contributed by atoms with Crippen molar-refractivity contribution in [1.82, 2.24) is 15.0 Å². The Balaban J connectivity index is 1.54. The van der Waals surface area contributed by atoms with Gasteiger partial charge in [-0.2, -0.15) is 13.2 Å². The molecule has 0 bridgehead atoms. The van der Waals surface area contributed by atoms with Crippen molar-refractivity contribution < 1.29 is 27.4 Å². The van der Waals surface area contributed by atoms with Crippen LogP contribution in [0.4, 0.5) is 30.5 Å². The number of amides is 1. The zero-order valence-corrected chi connectivity index (χ0v) is 19.4. The molecule has 8 nitrogen and oxygen atoms in total. The van der Waals surface area contributed by atoms with Gasteiger partial charge in [-0.05, 0) is 37.3 Å². The highest BCUT2D eigenvalue weighted by Gasteiger charge is 2.42. The summed E-state index contributed by atoms with van der Waals surface area (Å²) in [5.74, 6) is -1.19. The molecule has 3 aromatic rings. The lowest BCUT2D eigenvalue weighted by Gasteiger charge is -2.29. The number of hydrogen-bond donors (Lipinski definition) is 2. The second-order valence-corrected chi connectivity index (χ2v) is 8.22. The number of carbonyl (C=O) groups is 1. The molecular weight excluding hydrogens is 487 g/mol. The van der Waals surface area contributed by atoms with Gasteiger partial charge in [0.05, 0.1) is 30.2 Å². The molecule has 0 aliphatic carbocycles. The third kappa shape index (κ3) is 5.53. The van der Waals surface area contributed by atoms with Crippen molar-refractivity contribution in [2.75, 3.05) is 17.2 Å². The molecule has 1 saturated heterocycles. The molecule has 0 radical (unpaired) electrons. The second-order valence-electron chi connectivity index (χ2n) is 7.84. The van der Waals surface area contributed by atoms with Crippen LogP contribution in [0.2, 0.25) is 5.15 Å². The van der Waals surface area contributed by atoms with Gasteiger partial charge in [0, 0.05) is 29.9 Å². The van der Waals surface area contributed by atoms with E-state index in [4.69, 9.17) is 21.1 Å². The van der Waals surface area contributed by atoms with Crippen molar-refractivity contribution in [2.45, 2.75) is 38.3 Å². The van der Waals surface area contributed by atoms with Crippen LogP contribution in [0.25, 0.3) is 0 Å². The third-order valence-corrected chi connectivity index (χ3v) is 5.51. The van der Waals surface area contributed by atoms with E-state index in [0.29, 0.717) is 30.5 Å². The van der Waals surface area contributed by atoms with E-state index in [1.165, 1.54) is 30.6 Å². The average molecular weight is 508 g/mol. The number of carbonyl (C=O) groups excluding carboxylic acids is 1. The smallest absolute Gasteiger partial charge is 0.343 e. The summed E-state index contributed by atoms with van der Waals surface area (Å²) in [5, 5.41) is 5.81. The Labute approximate surface area is 203 Å². The van der Waals surface area contributed by atoms with Crippen molar-refractivity contribution >= 4 is 34.8 Å². The molecular formula is C23H21ClF3N5O3. The summed E-state index contributed by atoms with van der Waals surface area (Å²) in [6.07, 6.45) is -0.621. The largest absolute Gasteiger partial charge is 0.417 e. The highest BCUT2D eigenvalue weighted by molar-refractivity contribution is 6.29. The zero-order chi connectivity index (χ0) is 25.2. The lowest BCUT2D eigenvalue weighted by Crippen LogP contribution is -2.29. The number of rotatable bonds is 6. The van der Waals surface area contributed by atoms with E-state index < -0.39 is 23.4 Å². The zero-order valence-electron chi connectivity index (χ0n) is 18.7. The Morgan fingerprint density at radius 3 is 2.60 bits per heavy atom. The number of anilines is 3. The number of alkyl halides is 3. The summed E-state index contributed by atoms with van der Waals surface area (Å²) < 4.78 is 50.2. The standard InChI is InChI=1S/C23H21ClF3N5O3/c1-3-22(34-12-13(2)35-22)16-9-18(24)29-11-17(16)31-21(33)14-6-7-28-20(8-14)32-19-5-4-15(10-30-19)23(25,26)27/h4-11,13H,3,12H2,1-2H3,(H,31,33)(H,28,30,32)/t13-,22?/m0/s1. The first-order valence-corrected chi connectivity index (χ1v) is 11.0. The predicted octanol–water partition coefficient (Wildman–Crippen LogP) is 5.54. The molecule has 12 heteroatoms. The minimum absolute atomic E-state index is 0.141. The van der Waals surface area contributed by atoms with E-state index in [2.05, 4.69) is 25.6 Å². The van der Waals surface area contributed by atoms with Gasteiger partial charge < -0.3 is 20.1 Å². The lowest BCUT2D eigenvalue weighted by atomic mass is 10.0. The summed E-state index contributed by atoms with van der Waals surface area (Å²) >= 11 is 6.12. The van der Waals surface area contributed by atoms with Crippen LogP contribution in [0.15, 0.2) is 48.9 Å². The quantitative estimate of drug-likeness (QED) is 0.423. The van der Waals surface area contributed by atoms with E-state index in [1.807, 2.05) is 13.8 Å².